The van der Waals surface area contributed by atoms with Crippen molar-refractivity contribution in [1.29, 1.82) is 0 Å². The van der Waals surface area contributed by atoms with Crippen molar-refractivity contribution in [3.05, 3.63) is 0 Å². The second-order valence-corrected chi connectivity index (χ2v) is 5.55. The number of hydrogen-bond acceptors (Lipinski definition) is 2. The molecular weight excluding hydrogens is 212 g/mol. The first-order valence-electron chi connectivity index (χ1n) is 7.10. The summed E-state index contributed by atoms with van der Waals surface area (Å²) in [5.41, 5.74) is 5.47. The minimum absolute atomic E-state index is 0.103. The predicted molar refractivity (Wildman–Crippen MR) is 71.6 cm³/mol. The van der Waals surface area contributed by atoms with Crippen LogP contribution in [0.25, 0.3) is 0 Å². The van der Waals surface area contributed by atoms with Crippen LogP contribution in [0.1, 0.15) is 52.9 Å². The molecule has 1 rings (SSSR count). The van der Waals surface area contributed by atoms with Crippen molar-refractivity contribution in [2.75, 3.05) is 6.54 Å². The summed E-state index contributed by atoms with van der Waals surface area (Å²) in [6, 6.07) is 0.396. The summed E-state index contributed by atoms with van der Waals surface area (Å²) in [6.45, 7) is 7.20. The van der Waals surface area contributed by atoms with Crippen LogP contribution in [0.5, 0.6) is 0 Å². The van der Waals surface area contributed by atoms with Gasteiger partial charge in [0.25, 0.3) is 0 Å². The van der Waals surface area contributed by atoms with Crippen molar-refractivity contribution >= 4 is 5.91 Å². The van der Waals surface area contributed by atoms with E-state index >= 15 is 0 Å². The van der Waals surface area contributed by atoms with Crippen LogP contribution in [0.2, 0.25) is 0 Å². The third-order valence-electron chi connectivity index (χ3n) is 4.37. The highest BCUT2D eigenvalue weighted by atomic mass is 16.1. The van der Waals surface area contributed by atoms with Crippen LogP contribution in [0.4, 0.5) is 0 Å². The van der Waals surface area contributed by atoms with Gasteiger partial charge in [-0.3, -0.25) is 4.79 Å². The molecule has 1 fully saturated rings. The van der Waals surface area contributed by atoms with E-state index < -0.39 is 0 Å². The summed E-state index contributed by atoms with van der Waals surface area (Å²) in [7, 11) is 0. The molecular formula is C14H28N2O. The zero-order chi connectivity index (χ0) is 12.8. The highest BCUT2D eigenvalue weighted by molar-refractivity contribution is 5.78. The molecule has 0 radical (unpaired) electrons. The summed E-state index contributed by atoms with van der Waals surface area (Å²) >= 11 is 0. The average molecular weight is 240 g/mol. The Morgan fingerprint density at radius 3 is 2.71 bits per heavy atom. The maximum Gasteiger partial charge on any atom is 0.223 e. The topological polar surface area (TPSA) is 55.1 Å². The third kappa shape index (κ3) is 3.98. The molecule has 0 aliphatic heterocycles. The van der Waals surface area contributed by atoms with Gasteiger partial charge in [0, 0.05) is 12.0 Å². The van der Waals surface area contributed by atoms with Crippen molar-refractivity contribution in [3.63, 3.8) is 0 Å². The second-order valence-electron chi connectivity index (χ2n) is 5.55. The number of carbonyl (C=O) groups excluding carboxylic acids is 1. The van der Waals surface area contributed by atoms with Gasteiger partial charge in [0.2, 0.25) is 5.91 Å². The molecule has 1 aliphatic carbocycles. The van der Waals surface area contributed by atoms with Gasteiger partial charge in [-0.25, -0.2) is 0 Å². The summed E-state index contributed by atoms with van der Waals surface area (Å²) in [5, 5.41) is 3.22. The molecule has 0 aromatic carbocycles. The first-order valence-corrected chi connectivity index (χ1v) is 7.10. The van der Waals surface area contributed by atoms with E-state index in [1.165, 1.54) is 12.8 Å². The molecule has 100 valence electrons. The smallest absolute Gasteiger partial charge is 0.223 e. The maximum absolute atomic E-state index is 12.0. The lowest BCUT2D eigenvalue weighted by molar-refractivity contribution is -0.125. The third-order valence-corrected chi connectivity index (χ3v) is 4.37. The fraction of sp³-hybridized carbons (Fsp3) is 0.929. The van der Waals surface area contributed by atoms with E-state index in [1.807, 2.05) is 6.92 Å². The SMILES string of the molecule is CCC1CCC(NC(=O)C(C)CCCN)C1C. The quantitative estimate of drug-likeness (QED) is 0.748. The second kappa shape index (κ2) is 7.00. The van der Waals surface area contributed by atoms with Crippen molar-refractivity contribution in [3.8, 4) is 0 Å². The first-order chi connectivity index (χ1) is 8.10. The van der Waals surface area contributed by atoms with Crippen LogP contribution in [-0.4, -0.2) is 18.5 Å². The lowest BCUT2D eigenvalue weighted by Crippen LogP contribution is -2.40. The van der Waals surface area contributed by atoms with E-state index in [4.69, 9.17) is 5.73 Å². The molecule has 0 spiro atoms. The molecule has 4 unspecified atom stereocenters. The molecule has 0 aromatic heterocycles. The molecule has 0 bridgehead atoms. The number of hydrogen-bond donors (Lipinski definition) is 2. The highest BCUT2D eigenvalue weighted by Gasteiger charge is 2.32. The summed E-state index contributed by atoms with van der Waals surface area (Å²) < 4.78 is 0. The van der Waals surface area contributed by atoms with E-state index in [0.717, 1.165) is 25.2 Å². The summed E-state index contributed by atoms with van der Waals surface area (Å²) in [5.74, 6) is 1.74. The minimum Gasteiger partial charge on any atom is -0.353 e. The van der Waals surface area contributed by atoms with Crippen molar-refractivity contribution < 1.29 is 4.79 Å². The number of carbonyl (C=O) groups is 1. The van der Waals surface area contributed by atoms with Crippen LogP contribution < -0.4 is 11.1 Å². The van der Waals surface area contributed by atoms with E-state index in [0.29, 0.717) is 18.5 Å². The zero-order valence-corrected chi connectivity index (χ0v) is 11.5. The molecule has 3 N–H and O–H groups in total. The Morgan fingerprint density at radius 1 is 1.47 bits per heavy atom. The van der Waals surface area contributed by atoms with E-state index in [2.05, 4.69) is 19.2 Å². The van der Waals surface area contributed by atoms with Crippen LogP contribution in [0.15, 0.2) is 0 Å². The Morgan fingerprint density at radius 2 is 2.18 bits per heavy atom. The highest BCUT2D eigenvalue weighted by Crippen LogP contribution is 2.33. The molecule has 17 heavy (non-hydrogen) atoms. The van der Waals surface area contributed by atoms with Gasteiger partial charge in [0.1, 0.15) is 0 Å². The number of nitrogens with one attached hydrogen (secondary N) is 1. The number of amides is 1. The Labute approximate surface area is 106 Å². The normalized spacial score (nSPS) is 30.2. The minimum atomic E-state index is 0.103. The van der Waals surface area contributed by atoms with Crippen LogP contribution in [0, 0.1) is 17.8 Å². The van der Waals surface area contributed by atoms with Crippen LogP contribution >= 0.6 is 0 Å². The monoisotopic (exact) mass is 240 g/mol. The average Bonchev–Trinajstić information content (AvgIpc) is 2.67. The largest absolute Gasteiger partial charge is 0.353 e. The lowest BCUT2D eigenvalue weighted by atomic mass is 9.93. The van der Waals surface area contributed by atoms with Crippen molar-refractivity contribution in [1.82, 2.24) is 5.32 Å². The van der Waals surface area contributed by atoms with E-state index in [9.17, 15) is 4.79 Å². The van der Waals surface area contributed by atoms with Gasteiger partial charge in [0.15, 0.2) is 0 Å². The summed E-state index contributed by atoms with van der Waals surface area (Å²) in [4.78, 5) is 12.0. The molecule has 4 atom stereocenters. The molecule has 0 aromatic rings. The fourth-order valence-corrected chi connectivity index (χ4v) is 2.91. The zero-order valence-electron chi connectivity index (χ0n) is 11.5. The first kappa shape index (κ1) is 14.5. The van der Waals surface area contributed by atoms with E-state index in [1.54, 1.807) is 0 Å². The van der Waals surface area contributed by atoms with Gasteiger partial charge < -0.3 is 11.1 Å². The Kier molecular flexibility index (Phi) is 5.96. The van der Waals surface area contributed by atoms with Gasteiger partial charge in [-0.15, -0.1) is 0 Å². The fourth-order valence-electron chi connectivity index (χ4n) is 2.91. The Bertz CT molecular complexity index is 242. The Balaban J connectivity index is 2.36. The number of rotatable bonds is 6. The maximum atomic E-state index is 12.0. The molecule has 1 saturated carbocycles. The molecule has 1 amide bonds. The molecule has 1 aliphatic rings. The molecule has 0 heterocycles. The van der Waals surface area contributed by atoms with Crippen LogP contribution in [-0.2, 0) is 4.79 Å². The van der Waals surface area contributed by atoms with Gasteiger partial charge in [0.05, 0.1) is 0 Å². The lowest BCUT2D eigenvalue weighted by Gasteiger charge is -2.22. The van der Waals surface area contributed by atoms with Gasteiger partial charge in [-0.1, -0.05) is 27.2 Å². The van der Waals surface area contributed by atoms with Gasteiger partial charge >= 0.3 is 0 Å². The molecule has 3 nitrogen and oxygen atoms in total. The summed E-state index contributed by atoms with van der Waals surface area (Å²) in [6.07, 6.45) is 5.48. The molecule has 3 heteroatoms. The van der Waals surface area contributed by atoms with Gasteiger partial charge in [-0.05, 0) is 44.1 Å². The van der Waals surface area contributed by atoms with E-state index in [-0.39, 0.29) is 11.8 Å². The van der Waals surface area contributed by atoms with Gasteiger partial charge in [-0.2, -0.15) is 0 Å². The number of nitrogens with two attached hydrogens (primary N) is 1. The predicted octanol–water partition coefficient (Wildman–Crippen LogP) is 2.30. The standard InChI is InChI=1S/C14H28N2O/c1-4-12-7-8-13(11(12)3)16-14(17)10(2)6-5-9-15/h10-13H,4-9,15H2,1-3H3,(H,16,17). The van der Waals surface area contributed by atoms with Crippen molar-refractivity contribution in [2.24, 2.45) is 23.5 Å². The Hall–Kier alpha value is -0.570. The molecule has 0 saturated heterocycles. The van der Waals surface area contributed by atoms with Crippen molar-refractivity contribution in [2.45, 2.75) is 58.9 Å². The van der Waals surface area contributed by atoms with Crippen LogP contribution in [0.3, 0.4) is 0 Å².